The number of benzene rings is 1. The summed E-state index contributed by atoms with van der Waals surface area (Å²) in [5, 5.41) is 11.3. The standard InChI is InChI=1S/C16H14BrN7O/c1-22-14-5-3-2-4-12(14)19-16(22)20-15(25)13-6-7-23(21-13)10-24-9-11(17)8-18-24/h2-9H,10H2,1H3,(H,19,20,25). The smallest absolute Gasteiger partial charge is 0.278 e. The third-order valence-electron chi connectivity index (χ3n) is 3.78. The predicted molar refractivity (Wildman–Crippen MR) is 96.2 cm³/mol. The molecule has 3 aromatic heterocycles. The van der Waals surface area contributed by atoms with Crippen molar-refractivity contribution in [1.29, 1.82) is 0 Å². The third-order valence-corrected chi connectivity index (χ3v) is 4.19. The second-order valence-corrected chi connectivity index (χ2v) is 6.43. The van der Waals surface area contributed by atoms with Crippen molar-refractivity contribution in [3.63, 3.8) is 0 Å². The van der Waals surface area contributed by atoms with E-state index in [1.54, 1.807) is 27.8 Å². The highest BCUT2D eigenvalue weighted by Gasteiger charge is 2.14. The minimum Gasteiger partial charge on any atom is -0.313 e. The van der Waals surface area contributed by atoms with E-state index in [9.17, 15) is 4.79 Å². The maximum Gasteiger partial charge on any atom is 0.278 e. The average Bonchev–Trinajstić information content (AvgIpc) is 3.30. The zero-order valence-corrected chi connectivity index (χ0v) is 14.9. The van der Waals surface area contributed by atoms with Gasteiger partial charge in [0.25, 0.3) is 5.91 Å². The Morgan fingerprint density at radius 3 is 2.84 bits per heavy atom. The molecule has 1 amide bonds. The number of para-hydroxylation sites is 2. The Kier molecular flexibility index (Phi) is 3.85. The Labute approximate surface area is 151 Å². The lowest BCUT2D eigenvalue weighted by atomic mass is 10.3. The van der Waals surface area contributed by atoms with Crippen LogP contribution in [0.4, 0.5) is 5.95 Å². The number of imidazole rings is 1. The summed E-state index contributed by atoms with van der Waals surface area (Å²) in [4.78, 5) is 16.9. The number of nitrogens with zero attached hydrogens (tertiary/aromatic N) is 6. The van der Waals surface area contributed by atoms with E-state index in [4.69, 9.17) is 0 Å². The summed E-state index contributed by atoms with van der Waals surface area (Å²) in [6.45, 7) is 0.422. The Balaban J connectivity index is 1.52. The lowest BCUT2D eigenvalue weighted by molar-refractivity contribution is 0.102. The van der Waals surface area contributed by atoms with Gasteiger partial charge >= 0.3 is 0 Å². The number of aryl methyl sites for hydroxylation is 1. The molecule has 4 rings (SSSR count). The van der Waals surface area contributed by atoms with Gasteiger partial charge in [0, 0.05) is 19.4 Å². The zero-order chi connectivity index (χ0) is 17.4. The molecule has 0 aliphatic rings. The number of rotatable bonds is 4. The fraction of sp³-hybridized carbons (Fsp3) is 0.125. The van der Waals surface area contributed by atoms with E-state index < -0.39 is 0 Å². The Morgan fingerprint density at radius 2 is 2.08 bits per heavy atom. The van der Waals surface area contributed by atoms with Gasteiger partial charge in [0.15, 0.2) is 5.69 Å². The highest BCUT2D eigenvalue weighted by molar-refractivity contribution is 9.10. The number of fused-ring (bicyclic) bond motifs is 1. The van der Waals surface area contributed by atoms with E-state index >= 15 is 0 Å². The monoisotopic (exact) mass is 399 g/mol. The molecule has 0 aliphatic carbocycles. The Morgan fingerprint density at radius 1 is 1.24 bits per heavy atom. The summed E-state index contributed by atoms with van der Waals surface area (Å²) in [5.74, 6) is 0.176. The van der Waals surface area contributed by atoms with Crippen LogP contribution in [0.15, 0.2) is 53.4 Å². The van der Waals surface area contributed by atoms with Crippen molar-refractivity contribution in [3.05, 3.63) is 59.1 Å². The summed E-state index contributed by atoms with van der Waals surface area (Å²) in [6.07, 6.45) is 5.27. The van der Waals surface area contributed by atoms with E-state index in [0.29, 0.717) is 18.3 Å². The SMILES string of the molecule is Cn1c(NC(=O)c2ccn(Cn3cc(Br)cn3)n2)nc2ccccc21. The summed E-state index contributed by atoms with van der Waals surface area (Å²) < 4.78 is 6.08. The van der Waals surface area contributed by atoms with Crippen molar-refractivity contribution in [1.82, 2.24) is 29.1 Å². The summed E-state index contributed by atoms with van der Waals surface area (Å²) in [5.41, 5.74) is 2.10. The lowest BCUT2D eigenvalue weighted by Gasteiger charge is -2.03. The number of halogens is 1. The molecule has 3 heterocycles. The van der Waals surface area contributed by atoms with E-state index in [1.165, 1.54) is 0 Å². The third kappa shape index (κ3) is 3.05. The summed E-state index contributed by atoms with van der Waals surface area (Å²) >= 11 is 3.35. The molecule has 0 bridgehead atoms. The number of carbonyl (C=O) groups is 1. The molecule has 0 unspecified atom stereocenters. The Bertz CT molecular complexity index is 1060. The summed E-state index contributed by atoms with van der Waals surface area (Å²) in [7, 11) is 1.86. The van der Waals surface area contributed by atoms with Crippen molar-refractivity contribution in [2.45, 2.75) is 6.67 Å². The van der Waals surface area contributed by atoms with E-state index in [-0.39, 0.29) is 5.91 Å². The molecule has 0 fully saturated rings. The van der Waals surface area contributed by atoms with Gasteiger partial charge < -0.3 is 4.57 Å². The first-order valence-electron chi connectivity index (χ1n) is 7.54. The van der Waals surface area contributed by atoms with Crippen molar-refractivity contribution in [2.75, 3.05) is 5.32 Å². The van der Waals surface area contributed by atoms with Crippen LogP contribution < -0.4 is 5.32 Å². The van der Waals surface area contributed by atoms with Crippen molar-refractivity contribution < 1.29 is 4.79 Å². The van der Waals surface area contributed by atoms with Gasteiger partial charge in [0.2, 0.25) is 5.95 Å². The van der Waals surface area contributed by atoms with E-state index in [1.807, 2.05) is 42.1 Å². The van der Waals surface area contributed by atoms with Crippen molar-refractivity contribution >= 4 is 38.8 Å². The first-order valence-corrected chi connectivity index (χ1v) is 8.34. The molecular weight excluding hydrogens is 386 g/mol. The van der Waals surface area contributed by atoms with Gasteiger partial charge in [-0.05, 0) is 34.1 Å². The number of aromatic nitrogens is 6. The van der Waals surface area contributed by atoms with Crippen LogP contribution in [0.3, 0.4) is 0 Å². The number of carbonyl (C=O) groups excluding carboxylic acids is 1. The maximum absolute atomic E-state index is 12.4. The molecule has 0 atom stereocenters. The van der Waals surface area contributed by atoms with Crippen molar-refractivity contribution in [2.24, 2.45) is 7.05 Å². The fourth-order valence-corrected chi connectivity index (χ4v) is 2.88. The van der Waals surface area contributed by atoms with Gasteiger partial charge in [0.1, 0.15) is 6.67 Å². The second kappa shape index (κ2) is 6.17. The minimum atomic E-state index is -0.307. The fourth-order valence-electron chi connectivity index (χ4n) is 2.55. The average molecular weight is 400 g/mol. The van der Waals surface area contributed by atoms with Gasteiger partial charge in [-0.1, -0.05) is 12.1 Å². The largest absolute Gasteiger partial charge is 0.313 e. The number of hydrogen-bond donors (Lipinski definition) is 1. The van der Waals surface area contributed by atoms with Crippen LogP contribution in [0, 0.1) is 0 Å². The molecule has 25 heavy (non-hydrogen) atoms. The predicted octanol–water partition coefficient (Wildman–Crippen LogP) is 2.49. The summed E-state index contributed by atoms with van der Waals surface area (Å²) in [6, 6.07) is 9.37. The van der Waals surface area contributed by atoms with Gasteiger partial charge in [0.05, 0.1) is 21.7 Å². The molecule has 0 saturated carbocycles. The van der Waals surface area contributed by atoms with E-state index in [2.05, 4.69) is 36.4 Å². The quantitative estimate of drug-likeness (QED) is 0.571. The van der Waals surface area contributed by atoms with Crippen LogP contribution in [0.1, 0.15) is 10.5 Å². The second-order valence-electron chi connectivity index (χ2n) is 5.52. The van der Waals surface area contributed by atoms with Crippen molar-refractivity contribution in [3.8, 4) is 0 Å². The topological polar surface area (TPSA) is 82.6 Å². The minimum absolute atomic E-state index is 0.307. The molecule has 1 N–H and O–H groups in total. The highest BCUT2D eigenvalue weighted by atomic mass is 79.9. The molecule has 1 aromatic carbocycles. The maximum atomic E-state index is 12.4. The van der Waals surface area contributed by atoms with Gasteiger partial charge in [-0.3, -0.25) is 14.8 Å². The zero-order valence-electron chi connectivity index (χ0n) is 13.3. The number of amides is 1. The van der Waals surface area contributed by atoms with Crippen LogP contribution in [0.5, 0.6) is 0 Å². The Hall–Kier alpha value is -2.94. The molecule has 8 nitrogen and oxygen atoms in total. The van der Waals surface area contributed by atoms with Gasteiger partial charge in [-0.15, -0.1) is 0 Å². The molecule has 126 valence electrons. The van der Waals surface area contributed by atoms with Crippen LogP contribution in [-0.2, 0) is 13.7 Å². The van der Waals surface area contributed by atoms with Gasteiger partial charge in [-0.2, -0.15) is 10.2 Å². The molecule has 0 saturated heterocycles. The molecule has 4 aromatic rings. The molecule has 0 spiro atoms. The molecule has 0 radical (unpaired) electrons. The number of anilines is 1. The van der Waals surface area contributed by atoms with Crippen LogP contribution in [0.2, 0.25) is 0 Å². The molecular formula is C16H14BrN7O. The first kappa shape index (κ1) is 15.6. The highest BCUT2D eigenvalue weighted by Crippen LogP contribution is 2.18. The van der Waals surface area contributed by atoms with Gasteiger partial charge in [-0.25, -0.2) is 9.67 Å². The normalized spacial score (nSPS) is 11.1. The molecule has 9 heteroatoms. The van der Waals surface area contributed by atoms with E-state index in [0.717, 1.165) is 15.5 Å². The van der Waals surface area contributed by atoms with Crippen LogP contribution in [-0.4, -0.2) is 35.0 Å². The first-order chi connectivity index (χ1) is 12.1. The lowest BCUT2D eigenvalue weighted by Crippen LogP contribution is -2.17. The molecule has 0 aliphatic heterocycles. The number of nitrogens with one attached hydrogen (secondary N) is 1. The van der Waals surface area contributed by atoms with Crippen LogP contribution in [0.25, 0.3) is 11.0 Å². The van der Waals surface area contributed by atoms with Crippen LogP contribution >= 0.6 is 15.9 Å². The number of hydrogen-bond acceptors (Lipinski definition) is 4.